The third kappa shape index (κ3) is 3.35. The standard InChI is InChI=1S/C20H21N7O2/c1-29-15-2-3-17-16(9-15)13(10-21-17)8-20(28)23-14-6-7-26(11-14)19-5-4-18-24-22-12-27(18)25-19/h2-5,9-10,12,14,21H,6-8,11H2,1H3,(H,23,28). The molecule has 1 aromatic carbocycles. The van der Waals surface area contributed by atoms with Gasteiger partial charge in [-0.3, -0.25) is 4.79 Å². The van der Waals surface area contributed by atoms with Crippen LogP contribution >= 0.6 is 0 Å². The first-order valence-corrected chi connectivity index (χ1v) is 9.55. The van der Waals surface area contributed by atoms with Crippen molar-refractivity contribution in [2.24, 2.45) is 0 Å². The zero-order chi connectivity index (χ0) is 19.8. The number of nitrogens with one attached hydrogen (secondary N) is 2. The largest absolute Gasteiger partial charge is 0.497 e. The Balaban J connectivity index is 1.23. The van der Waals surface area contributed by atoms with Crippen molar-refractivity contribution in [3.05, 3.63) is 48.4 Å². The van der Waals surface area contributed by atoms with E-state index in [1.54, 1.807) is 18.0 Å². The molecule has 4 aromatic rings. The van der Waals surface area contributed by atoms with Gasteiger partial charge in [0.2, 0.25) is 5.91 Å². The van der Waals surface area contributed by atoms with Crippen LogP contribution in [0.25, 0.3) is 16.6 Å². The summed E-state index contributed by atoms with van der Waals surface area (Å²) in [5, 5.41) is 16.5. The highest BCUT2D eigenvalue weighted by Gasteiger charge is 2.25. The number of anilines is 1. The third-order valence-corrected chi connectivity index (χ3v) is 5.35. The fourth-order valence-electron chi connectivity index (χ4n) is 3.86. The van der Waals surface area contributed by atoms with E-state index in [0.29, 0.717) is 12.1 Å². The average Bonchev–Trinajstić information content (AvgIpc) is 3.47. The highest BCUT2D eigenvalue weighted by molar-refractivity contribution is 5.89. The molecular weight excluding hydrogens is 370 g/mol. The fraction of sp³-hybridized carbons (Fsp3) is 0.300. The maximum atomic E-state index is 12.6. The molecule has 1 atom stereocenters. The second-order valence-electron chi connectivity index (χ2n) is 7.23. The van der Waals surface area contributed by atoms with Gasteiger partial charge in [0.05, 0.1) is 13.5 Å². The third-order valence-electron chi connectivity index (χ3n) is 5.35. The first-order chi connectivity index (χ1) is 14.2. The number of methoxy groups -OCH3 is 1. The molecule has 5 rings (SSSR count). The summed E-state index contributed by atoms with van der Waals surface area (Å²) in [5.74, 6) is 1.66. The van der Waals surface area contributed by atoms with Gasteiger partial charge in [0.15, 0.2) is 5.65 Å². The van der Waals surface area contributed by atoms with Crippen LogP contribution in [0, 0.1) is 0 Å². The molecule has 9 nitrogen and oxygen atoms in total. The van der Waals surface area contributed by atoms with Crippen molar-refractivity contribution >= 4 is 28.3 Å². The Hall–Kier alpha value is -3.62. The van der Waals surface area contributed by atoms with Crippen molar-refractivity contribution in [3.8, 4) is 5.75 Å². The summed E-state index contributed by atoms with van der Waals surface area (Å²) in [6.07, 6.45) is 4.69. The van der Waals surface area contributed by atoms with Gasteiger partial charge in [-0.2, -0.15) is 4.52 Å². The lowest BCUT2D eigenvalue weighted by molar-refractivity contribution is -0.121. The number of hydrogen-bond acceptors (Lipinski definition) is 6. The lowest BCUT2D eigenvalue weighted by atomic mass is 10.1. The van der Waals surface area contributed by atoms with E-state index >= 15 is 0 Å². The monoisotopic (exact) mass is 391 g/mol. The zero-order valence-electron chi connectivity index (χ0n) is 16.0. The van der Waals surface area contributed by atoms with Crippen LogP contribution in [0.2, 0.25) is 0 Å². The summed E-state index contributed by atoms with van der Waals surface area (Å²) < 4.78 is 6.96. The van der Waals surface area contributed by atoms with E-state index in [0.717, 1.165) is 47.5 Å². The van der Waals surface area contributed by atoms with Gasteiger partial charge in [-0.05, 0) is 42.3 Å². The molecule has 0 saturated carbocycles. The Bertz CT molecular complexity index is 1180. The summed E-state index contributed by atoms with van der Waals surface area (Å²) in [5.41, 5.74) is 2.68. The molecule has 0 aliphatic carbocycles. The fourth-order valence-corrected chi connectivity index (χ4v) is 3.86. The van der Waals surface area contributed by atoms with Crippen molar-refractivity contribution in [3.63, 3.8) is 0 Å². The highest BCUT2D eigenvalue weighted by Crippen LogP contribution is 2.24. The Labute approximate surface area is 166 Å². The first kappa shape index (κ1) is 17.5. The van der Waals surface area contributed by atoms with E-state index in [2.05, 4.69) is 30.5 Å². The molecule has 2 N–H and O–H groups in total. The molecule has 29 heavy (non-hydrogen) atoms. The number of benzene rings is 1. The molecule has 0 radical (unpaired) electrons. The first-order valence-electron chi connectivity index (χ1n) is 9.55. The van der Waals surface area contributed by atoms with Gasteiger partial charge in [-0.25, -0.2) is 0 Å². The predicted molar refractivity (Wildman–Crippen MR) is 108 cm³/mol. The number of carbonyl (C=O) groups excluding carboxylic acids is 1. The second kappa shape index (κ2) is 7.08. The number of fused-ring (bicyclic) bond motifs is 2. The van der Waals surface area contributed by atoms with Crippen molar-refractivity contribution < 1.29 is 9.53 Å². The van der Waals surface area contributed by atoms with Crippen LogP contribution < -0.4 is 15.0 Å². The Morgan fingerprint density at radius 2 is 2.28 bits per heavy atom. The van der Waals surface area contributed by atoms with E-state index in [4.69, 9.17) is 4.74 Å². The molecule has 1 amide bonds. The molecule has 1 aliphatic rings. The SMILES string of the molecule is COc1ccc2[nH]cc(CC(=O)NC3CCN(c4ccc5nncn5n4)C3)c2c1. The van der Waals surface area contributed by atoms with Crippen molar-refractivity contribution in [2.75, 3.05) is 25.1 Å². The maximum absolute atomic E-state index is 12.6. The maximum Gasteiger partial charge on any atom is 0.224 e. The van der Waals surface area contributed by atoms with Crippen LogP contribution in [-0.2, 0) is 11.2 Å². The Morgan fingerprint density at radius 1 is 1.34 bits per heavy atom. The number of rotatable bonds is 5. The molecule has 1 saturated heterocycles. The average molecular weight is 391 g/mol. The predicted octanol–water partition coefficient (Wildman–Crippen LogP) is 1.55. The molecular formula is C20H21N7O2. The summed E-state index contributed by atoms with van der Waals surface area (Å²) in [6, 6.07) is 9.75. The van der Waals surface area contributed by atoms with Gasteiger partial charge in [0.25, 0.3) is 0 Å². The van der Waals surface area contributed by atoms with Crippen LogP contribution in [0.1, 0.15) is 12.0 Å². The molecule has 148 valence electrons. The van der Waals surface area contributed by atoms with Crippen molar-refractivity contribution in [2.45, 2.75) is 18.9 Å². The summed E-state index contributed by atoms with van der Waals surface area (Å²) in [7, 11) is 1.64. The van der Waals surface area contributed by atoms with Gasteiger partial charge in [-0.15, -0.1) is 15.3 Å². The van der Waals surface area contributed by atoms with Gasteiger partial charge in [-0.1, -0.05) is 0 Å². The van der Waals surface area contributed by atoms with Crippen LogP contribution in [0.5, 0.6) is 5.75 Å². The molecule has 1 fully saturated rings. The molecule has 1 unspecified atom stereocenters. The number of amides is 1. The van der Waals surface area contributed by atoms with Crippen LogP contribution in [0.4, 0.5) is 5.82 Å². The number of carbonyl (C=O) groups is 1. The van der Waals surface area contributed by atoms with E-state index in [1.807, 2.05) is 36.5 Å². The number of aromatic nitrogens is 5. The van der Waals surface area contributed by atoms with E-state index in [9.17, 15) is 4.79 Å². The Morgan fingerprint density at radius 3 is 3.17 bits per heavy atom. The molecule has 1 aliphatic heterocycles. The minimum Gasteiger partial charge on any atom is -0.497 e. The van der Waals surface area contributed by atoms with Gasteiger partial charge >= 0.3 is 0 Å². The normalized spacial score (nSPS) is 16.6. The summed E-state index contributed by atoms with van der Waals surface area (Å²) >= 11 is 0. The van der Waals surface area contributed by atoms with Crippen molar-refractivity contribution in [1.29, 1.82) is 0 Å². The highest BCUT2D eigenvalue weighted by atomic mass is 16.5. The number of nitrogens with zero attached hydrogens (tertiary/aromatic N) is 5. The van der Waals surface area contributed by atoms with E-state index < -0.39 is 0 Å². The minimum atomic E-state index is 0.0165. The second-order valence-corrected chi connectivity index (χ2v) is 7.23. The number of H-pyrrole nitrogens is 1. The molecule has 9 heteroatoms. The molecule has 4 heterocycles. The van der Waals surface area contributed by atoms with Crippen LogP contribution in [0.3, 0.4) is 0 Å². The number of aromatic amines is 1. The summed E-state index contributed by atoms with van der Waals surface area (Å²) in [4.78, 5) is 18.0. The van der Waals surface area contributed by atoms with Gasteiger partial charge in [0.1, 0.15) is 17.9 Å². The lowest BCUT2D eigenvalue weighted by Gasteiger charge is -2.17. The minimum absolute atomic E-state index is 0.0165. The summed E-state index contributed by atoms with van der Waals surface area (Å²) in [6.45, 7) is 1.57. The van der Waals surface area contributed by atoms with E-state index in [1.165, 1.54) is 0 Å². The van der Waals surface area contributed by atoms with Crippen LogP contribution in [-0.4, -0.2) is 56.9 Å². The topological polar surface area (TPSA) is 100 Å². The molecule has 0 bridgehead atoms. The van der Waals surface area contributed by atoms with E-state index in [-0.39, 0.29) is 11.9 Å². The lowest BCUT2D eigenvalue weighted by Crippen LogP contribution is -2.38. The smallest absolute Gasteiger partial charge is 0.224 e. The van der Waals surface area contributed by atoms with Crippen LogP contribution in [0.15, 0.2) is 42.9 Å². The Kier molecular flexibility index (Phi) is 4.27. The zero-order valence-corrected chi connectivity index (χ0v) is 16.0. The molecule has 0 spiro atoms. The van der Waals surface area contributed by atoms with Gasteiger partial charge < -0.3 is 19.9 Å². The molecule has 3 aromatic heterocycles. The quantitative estimate of drug-likeness (QED) is 0.535. The van der Waals surface area contributed by atoms with Gasteiger partial charge in [0, 0.05) is 36.2 Å². The number of ether oxygens (including phenoxy) is 1. The van der Waals surface area contributed by atoms with Crippen molar-refractivity contribution in [1.82, 2.24) is 30.1 Å². The number of hydrogen-bond donors (Lipinski definition) is 2.